The van der Waals surface area contributed by atoms with Crippen molar-refractivity contribution in [1.29, 1.82) is 0 Å². The Morgan fingerprint density at radius 1 is 1.33 bits per heavy atom. The normalized spacial score (nSPS) is 10.3. The number of aromatic nitrogens is 1. The molecule has 0 radical (unpaired) electrons. The van der Waals surface area contributed by atoms with Gasteiger partial charge in [0.15, 0.2) is 5.03 Å². The second-order valence-electron chi connectivity index (χ2n) is 3.51. The van der Waals surface area contributed by atoms with Crippen LogP contribution in [0.3, 0.4) is 0 Å². The predicted molar refractivity (Wildman–Crippen MR) is 66.9 cm³/mol. The SMILES string of the molecule is O=[N+]([O-])c1cc(F)cnc1SCc1ccccc1. The number of nitrogens with zero attached hydrogens (tertiary/aromatic N) is 2. The van der Waals surface area contributed by atoms with Crippen LogP contribution in [0.25, 0.3) is 0 Å². The van der Waals surface area contributed by atoms with E-state index in [0.717, 1.165) is 17.8 Å². The Hall–Kier alpha value is -1.95. The topological polar surface area (TPSA) is 56.0 Å². The smallest absolute Gasteiger partial charge is 0.258 e. The lowest BCUT2D eigenvalue weighted by Crippen LogP contribution is -1.95. The fourth-order valence-corrected chi connectivity index (χ4v) is 2.29. The van der Waals surface area contributed by atoms with Crippen LogP contribution in [0.5, 0.6) is 0 Å². The molecule has 0 aliphatic heterocycles. The number of thioether (sulfide) groups is 1. The number of pyridine rings is 1. The van der Waals surface area contributed by atoms with Gasteiger partial charge in [-0.05, 0) is 5.56 Å². The lowest BCUT2D eigenvalue weighted by molar-refractivity contribution is -0.388. The van der Waals surface area contributed by atoms with Crippen molar-refractivity contribution in [2.45, 2.75) is 10.8 Å². The Morgan fingerprint density at radius 3 is 2.72 bits per heavy atom. The third-order valence-corrected chi connectivity index (χ3v) is 3.28. The number of benzene rings is 1. The van der Waals surface area contributed by atoms with E-state index in [1.807, 2.05) is 30.3 Å². The van der Waals surface area contributed by atoms with Crippen LogP contribution in [0.15, 0.2) is 47.6 Å². The first kappa shape index (κ1) is 12.5. The average Bonchev–Trinajstić information content (AvgIpc) is 2.38. The molecule has 18 heavy (non-hydrogen) atoms. The Morgan fingerprint density at radius 2 is 2.06 bits per heavy atom. The quantitative estimate of drug-likeness (QED) is 0.482. The monoisotopic (exact) mass is 264 g/mol. The van der Waals surface area contributed by atoms with Crippen molar-refractivity contribution in [2.75, 3.05) is 0 Å². The molecule has 0 amide bonds. The largest absolute Gasteiger partial charge is 0.304 e. The fourth-order valence-electron chi connectivity index (χ4n) is 1.38. The molecule has 0 bridgehead atoms. The van der Waals surface area contributed by atoms with Crippen molar-refractivity contribution in [1.82, 2.24) is 4.98 Å². The molecule has 0 saturated carbocycles. The highest BCUT2D eigenvalue weighted by molar-refractivity contribution is 7.98. The minimum Gasteiger partial charge on any atom is -0.258 e. The van der Waals surface area contributed by atoms with Crippen molar-refractivity contribution >= 4 is 17.4 Å². The molecule has 0 aliphatic carbocycles. The van der Waals surface area contributed by atoms with Crippen LogP contribution in [0.2, 0.25) is 0 Å². The Balaban J connectivity index is 2.17. The van der Waals surface area contributed by atoms with Gasteiger partial charge >= 0.3 is 5.69 Å². The molecule has 0 fully saturated rings. The molecular formula is C12H9FN2O2S. The summed E-state index contributed by atoms with van der Waals surface area (Å²) in [4.78, 5) is 13.9. The van der Waals surface area contributed by atoms with Gasteiger partial charge in [-0.1, -0.05) is 42.1 Å². The van der Waals surface area contributed by atoms with Crippen molar-refractivity contribution in [2.24, 2.45) is 0 Å². The van der Waals surface area contributed by atoms with Crippen LogP contribution in [-0.2, 0) is 5.75 Å². The van der Waals surface area contributed by atoms with E-state index in [1.165, 1.54) is 11.8 Å². The molecule has 2 aromatic rings. The molecule has 0 spiro atoms. The molecule has 0 aliphatic rings. The molecular weight excluding hydrogens is 255 g/mol. The van der Waals surface area contributed by atoms with Crippen molar-refractivity contribution in [3.8, 4) is 0 Å². The van der Waals surface area contributed by atoms with E-state index in [2.05, 4.69) is 4.98 Å². The highest BCUT2D eigenvalue weighted by Gasteiger charge is 2.16. The summed E-state index contributed by atoms with van der Waals surface area (Å²) < 4.78 is 12.9. The first-order chi connectivity index (χ1) is 8.66. The zero-order valence-electron chi connectivity index (χ0n) is 9.25. The molecule has 6 heteroatoms. The van der Waals surface area contributed by atoms with Crippen LogP contribution in [0, 0.1) is 15.9 Å². The van der Waals surface area contributed by atoms with Gasteiger partial charge in [0.1, 0.15) is 5.82 Å². The molecule has 92 valence electrons. The maximum absolute atomic E-state index is 12.9. The predicted octanol–water partition coefficient (Wildman–Crippen LogP) is 3.42. The number of halogens is 1. The Labute approximate surface area is 107 Å². The minimum atomic E-state index is -0.703. The minimum absolute atomic E-state index is 0.227. The summed E-state index contributed by atoms with van der Waals surface area (Å²) in [5.74, 6) is -0.147. The van der Waals surface area contributed by atoms with Gasteiger partial charge in [-0.2, -0.15) is 0 Å². The van der Waals surface area contributed by atoms with Gasteiger partial charge in [-0.25, -0.2) is 9.37 Å². The molecule has 0 saturated heterocycles. The van der Waals surface area contributed by atoms with E-state index >= 15 is 0 Å². The number of nitro groups is 1. The van der Waals surface area contributed by atoms with Gasteiger partial charge in [0, 0.05) is 5.75 Å². The number of rotatable bonds is 4. The van der Waals surface area contributed by atoms with E-state index in [1.54, 1.807) is 0 Å². The number of hydrogen-bond acceptors (Lipinski definition) is 4. The third-order valence-electron chi connectivity index (χ3n) is 2.21. The van der Waals surface area contributed by atoms with Crippen LogP contribution in [0.1, 0.15) is 5.56 Å². The summed E-state index contributed by atoms with van der Waals surface area (Å²) in [6.45, 7) is 0. The lowest BCUT2D eigenvalue weighted by Gasteiger charge is -2.02. The molecule has 4 nitrogen and oxygen atoms in total. The average molecular weight is 264 g/mol. The second kappa shape index (κ2) is 5.59. The van der Waals surface area contributed by atoms with Crippen molar-refractivity contribution in [3.63, 3.8) is 0 Å². The van der Waals surface area contributed by atoms with Gasteiger partial charge in [0.25, 0.3) is 0 Å². The summed E-state index contributed by atoms with van der Waals surface area (Å²) in [6, 6.07) is 10.4. The molecule has 0 unspecified atom stereocenters. The Kier molecular flexibility index (Phi) is 3.88. The van der Waals surface area contributed by atoms with E-state index in [9.17, 15) is 14.5 Å². The van der Waals surface area contributed by atoms with Gasteiger partial charge in [-0.3, -0.25) is 10.1 Å². The first-order valence-corrected chi connectivity index (χ1v) is 6.12. The van der Waals surface area contributed by atoms with Gasteiger partial charge in [0.05, 0.1) is 17.2 Å². The summed E-state index contributed by atoms with van der Waals surface area (Å²) in [5.41, 5.74) is 0.735. The molecule has 1 aromatic heterocycles. The summed E-state index contributed by atoms with van der Waals surface area (Å²) in [6.07, 6.45) is 0.986. The van der Waals surface area contributed by atoms with Crippen LogP contribution in [-0.4, -0.2) is 9.91 Å². The Bertz CT molecular complexity index is 563. The molecule has 0 atom stereocenters. The van der Waals surface area contributed by atoms with Crippen molar-refractivity contribution in [3.05, 3.63) is 64.1 Å². The van der Waals surface area contributed by atoms with Crippen LogP contribution >= 0.6 is 11.8 Å². The van der Waals surface area contributed by atoms with E-state index in [-0.39, 0.29) is 10.7 Å². The van der Waals surface area contributed by atoms with E-state index in [0.29, 0.717) is 5.75 Å². The fraction of sp³-hybridized carbons (Fsp3) is 0.0833. The highest BCUT2D eigenvalue weighted by atomic mass is 32.2. The maximum Gasteiger partial charge on any atom is 0.304 e. The van der Waals surface area contributed by atoms with Crippen LogP contribution < -0.4 is 0 Å². The molecule has 1 heterocycles. The molecule has 1 aromatic carbocycles. The summed E-state index contributed by atoms with van der Waals surface area (Å²) >= 11 is 1.22. The van der Waals surface area contributed by atoms with Gasteiger partial charge < -0.3 is 0 Å². The number of hydrogen-bond donors (Lipinski definition) is 0. The standard InChI is InChI=1S/C12H9FN2O2S/c13-10-6-11(15(16)17)12(14-7-10)18-8-9-4-2-1-3-5-9/h1-7H,8H2. The molecule has 2 rings (SSSR count). The van der Waals surface area contributed by atoms with Gasteiger partial charge in [-0.15, -0.1) is 0 Å². The van der Waals surface area contributed by atoms with Crippen molar-refractivity contribution < 1.29 is 9.31 Å². The summed E-state index contributed by atoms with van der Waals surface area (Å²) in [7, 11) is 0. The lowest BCUT2D eigenvalue weighted by atomic mass is 10.2. The second-order valence-corrected chi connectivity index (χ2v) is 4.47. The molecule has 0 N–H and O–H groups in total. The van der Waals surface area contributed by atoms with Crippen LogP contribution in [0.4, 0.5) is 10.1 Å². The first-order valence-electron chi connectivity index (χ1n) is 5.13. The zero-order valence-corrected chi connectivity index (χ0v) is 10.1. The maximum atomic E-state index is 12.9. The third kappa shape index (κ3) is 3.04. The zero-order chi connectivity index (χ0) is 13.0. The van der Waals surface area contributed by atoms with E-state index in [4.69, 9.17) is 0 Å². The van der Waals surface area contributed by atoms with Gasteiger partial charge in [0.2, 0.25) is 0 Å². The van der Waals surface area contributed by atoms with E-state index < -0.39 is 10.7 Å². The highest BCUT2D eigenvalue weighted by Crippen LogP contribution is 2.29. The summed E-state index contributed by atoms with van der Waals surface area (Å²) in [5, 5.41) is 11.0.